The van der Waals surface area contributed by atoms with E-state index in [1.165, 1.54) is 24.8 Å². The molecule has 4 nitrogen and oxygen atoms in total. The molecule has 0 heterocycles. The van der Waals surface area contributed by atoms with Crippen molar-refractivity contribution < 1.29 is 14.7 Å². The number of nitrogens with zero attached hydrogens (tertiary/aromatic N) is 1. The van der Waals surface area contributed by atoms with Gasteiger partial charge in [0, 0.05) is 32.9 Å². The molecule has 164 valence electrons. The molecule has 4 atom stereocenters. The topological polar surface area (TPSA) is 57.6 Å². The molecule has 0 aromatic rings. The van der Waals surface area contributed by atoms with E-state index in [0.717, 1.165) is 44.9 Å². The fourth-order valence-corrected chi connectivity index (χ4v) is 4.85. The molecule has 4 heteroatoms. The van der Waals surface area contributed by atoms with Crippen molar-refractivity contribution in [1.82, 2.24) is 4.90 Å². The highest BCUT2D eigenvalue weighted by molar-refractivity contribution is 5.89. The lowest BCUT2D eigenvalue weighted by Crippen LogP contribution is -2.21. The lowest BCUT2D eigenvalue weighted by molar-refractivity contribution is -0.128. The van der Waals surface area contributed by atoms with Gasteiger partial charge in [0.05, 0.1) is 6.10 Å². The second kappa shape index (κ2) is 12.3. The number of carbonyl (C=O) groups excluding carboxylic acids is 2. The second-order valence-electron chi connectivity index (χ2n) is 9.22. The molecule has 0 aromatic carbocycles. The van der Waals surface area contributed by atoms with Crippen molar-refractivity contribution >= 4 is 11.7 Å². The first kappa shape index (κ1) is 23.9. The lowest BCUT2D eigenvalue weighted by atomic mass is 9.88. The number of unbranched alkanes of at least 4 members (excludes halogenated alkanes) is 5. The zero-order valence-electron chi connectivity index (χ0n) is 18.7. The number of hydrogen-bond donors (Lipinski definition) is 1. The van der Waals surface area contributed by atoms with Gasteiger partial charge in [0.2, 0.25) is 5.91 Å². The van der Waals surface area contributed by atoms with Gasteiger partial charge in [-0.2, -0.15) is 0 Å². The van der Waals surface area contributed by atoms with Gasteiger partial charge in [-0.25, -0.2) is 0 Å². The van der Waals surface area contributed by atoms with Crippen molar-refractivity contribution in [3.05, 3.63) is 23.8 Å². The van der Waals surface area contributed by atoms with Crippen LogP contribution in [-0.2, 0) is 9.59 Å². The standard InChI is InChI=1S/C25H41NO3/c1-4-5-6-7-8-12-21(27)14-15-22-23-17-19(16-20(23)18-24(22)28)11-9-10-13-25(29)26(2)3/h14-16,20,22-24,28H,4-13,17-18H2,1-3H3/b15-14+/t20-,22+,23-,24+/m0/s1. The van der Waals surface area contributed by atoms with Gasteiger partial charge in [-0.05, 0) is 56.4 Å². The van der Waals surface area contributed by atoms with Crippen molar-refractivity contribution in [1.29, 1.82) is 0 Å². The van der Waals surface area contributed by atoms with Gasteiger partial charge in [0.15, 0.2) is 5.78 Å². The van der Waals surface area contributed by atoms with Gasteiger partial charge in [-0.15, -0.1) is 0 Å². The van der Waals surface area contributed by atoms with Crippen LogP contribution >= 0.6 is 0 Å². The summed E-state index contributed by atoms with van der Waals surface area (Å²) < 4.78 is 0. The zero-order chi connectivity index (χ0) is 21.2. The van der Waals surface area contributed by atoms with E-state index in [1.54, 1.807) is 25.1 Å². The van der Waals surface area contributed by atoms with Crippen LogP contribution in [0.2, 0.25) is 0 Å². The smallest absolute Gasteiger partial charge is 0.222 e. The van der Waals surface area contributed by atoms with Crippen LogP contribution in [0.4, 0.5) is 0 Å². The molecule has 0 aliphatic heterocycles. The molecule has 0 aromatic heterocycles. The van der Waals surface area contributed by atoms with Gasteiger partial charge < -0.3 is 10.0 Å². The Balaban J connectivity index is 1.72. The van der Waals surface area contributed by atoms with E-state index in [0.29, 0.717) is 24.7 Å². The largest absolute Gasteiger partial charge is 0.392 e. The Kier molecular flexibility index (Phi) is 10.1. The van der Waals surface area contributed by atoms with Crippen LogP contribution < -0.4 is 0 Å². The Hall–Kier alpha value is -1.42. The molecular weight excluding hydrogens is 362 g/mol. The predicted octanol–water partition coefficient (Wildman–Crippen LogP) is 5.06. The van der Waals surface area contributed by atoms with E-state index in [9.17, 15) is 14.7 Å². The molecule has 0 unspecified atom stereocenters. The van der Waals surface area contributed by atoms with Crippen molar-refractivity contribution in [2.75, 3.05) is 14.1 Å². The summed E-state index contributed by atoms with van der Waals surface area (Å²) in [6.45, 7) is 2.20. The monoisotopic (exact) mass is 403 g/mol. The van der Waals surface area contributed by atoms with E-state index in [2.05, 4.69) is 13.0 Å². The fourth-order valence-electron chi connectivity index (χ4n) is 4.85. The SMILES string of the molecule is CCCCCCCC(=O)/C=C/[C@@H]1[C@H]2CC(CCCCC(=O)N(C)C)=C[C@H]2C[C@H]1O. The molecule has 0 bridgehead atoms. The maximum Gasteiger partial charge on any atom is 0.222 e. The molecule has 2 aliphatic rings. The summed E-state index contributed by atoms with van der Waals surface area (Å²) in [5, 5.41) is 10.5. The summed E-state index contributed by atoms with van der Waals surface area (Å²) in [5.41, 5.74) is 1.48. The number of aliphatic hydroxyl groups excluding tert-OH is 1. The van der Waals surface area contributed by atoms with E-state index >= 15 is 0 Å². The van der Waals surface area contributed by atoms with E-state index in [4.69, 9.17) is 0 Å². The van der Waals surface area contributed by atoms with Crippen LogP contribution in [0.15, 0.2) is 23.8 Å². The van der Waals surface area contributed by atoms with Gasteiger partial charge in [0.25, 0.3) is 0 Å². The Morgan fingerprint density at radius 3 is 2.55 bits per heavy atom. The van der Waals surface area contributed by atoms with Crippen molar-refractivity contribution in [2.45, 2.75) is 90.1 Å². The molecular formula is C25H41NO3. The van der Waals surface area contributed by atoms with Crippen molar-refractivity contribution in [3.63, 3.8) is 0 Å². The maximum atomic E-state index is 12.2. The number of hydrogen-bond acceptors (Lipinski definition) is 3. The normalized spacial score (nSPS) is 26.0. The van der Waals surface area contributed by atoms with Gasteiger partial charge in [-0.3, -0.25) is 9.59 Å². The minimum Gasteiger partial charge on any atom is -0.392 e. The number of rotatable bonds is 13. The van der Waals surface area contributed by atoms with Crippen molar-refractivity contribution in [3.8, 4) is 0 Å². The second-order valence-corrected chi connectivity index (χ2v) is 9.22. The molecule has 29 heavy (non-hydrogen) atoms. The molecule has 2 rings (SSSR count). The first-order valence-electron chi connectivity index (χ1n) is 11.7. The molecule has 0 spiro atoms. The number of amides is 1. The van der Waals surface area contributed by atoms with E-state index in [1.807, 2.05) is 6.08 Å². The predicted molar refractivity (Wildman–Crippen MR) is 118 cm³/mol. The van der Waals surface area contributed by atoms with Crippen LogP contribution in [0.3, 0.4) is 0 Å². The number of fused-ring (bicyclic) bond motifs is 1. The summed E-state index contributed by atoms with van der Waals surface area (Å²) in [7, 11) is 3.61. The number of carbonyl (C=O) groups is 2. The molecule has 1 saturated carbocycles. The van der Waals surface area contributed by atoms with Gasteiger partial charge in [0.1, 0.15) is 0 Å². The average Bonchev–Trinajstić information content (AvgIpc) is 3.19. The molecule has 2 aliphatic carbocycles. The summed E-state index contributed by atoms with van der Waals surface area (Å²) in [5.74, 6) is 1.40. The van der Waals surface area contributed by atoms with Gasteiger partial charge in [-0.1, -0.05) is 50.3 Å². The third kappa shape index (κ3) is 7.73. The third-order valence-corrected chi connectivity index (χ3v) is 6.62. The number of aliphatic hydroxyl groups is 1. The molecule has 0 radical (unpaired) electrons. The first-order chi connectivity index (χ1) is 13.9. The minimum absolute atomic E-state index is 0.105. The van der Waals surface area contributed by atoms with E-state index in [-0.39, 0.29) is 23.7 Å². The third-order valence-electron chi connectivity index (χ3n) is 6.62. The number of allylic oxidation sites excluding steroid dienone is 3. The van der Waals surface area contributed by atoms with Crippen LogP contribution in [0.5, 0.6) is 0 Å². The lowest BCUT2D eigenvalue weighted by Gasteiger charge is -2.18. The van der Waals surface area contributed by atoms with Crippen LogP contribution in [0.25, 0.3) is 0 Å². The number of ketones is 1. The van der Waals surface area contributed by atoms with Gasteiger partial charge >= 0.3 is 0 Å². The quantitative estimate of drug-likeness (QED) is 0.265. The first-order valence-corrected chi connectivity index (χ1v) is 11.7. The zero-order valence-corrected chi connectivity index (χ0v) is 18.7. The highest BCUT2D eigenvalue weighted by atomic mass is 16.3. The Labute approximate surface area is 177 Å². The van der Waals surface area contributed by atoms with Crippen LogP contribution in [-0.4, -0.2) is 41.9 Å². The molecule has 1 N–H and O–H groups in total. The molecule has 1 amide bonds. The van der Waals surface area contributed by atoms with Crippen molar-refractivity contribution in [2.24, 2.45) is 17.8 Å². The molecule has 0 saturated heterocycles. The summed E-state index contributed by atoms with van der Waals surface area (Å²) >= 11 is 0. The summed E-state index contributed by atoms with van der Waals surface area (Å²) in [4.78, 5) is 25.5. The summed E-state index contributed by atoms with van der Waals surface area (Å²) in [6.07, 6.45) is 17.7. The fraction of sp³-hybridized carbons (Fsp3) is 0.760. The summed E-state index contributed by atoms with van der Waals surface area (Å²) in [6, 6.07) is 0. The van der Waals surface area contributed by atoms with E-state index < -0.39 is 0 Å². The molecule has 1 fully saturated rings. The Morgan fingerprint density at radius 2 is 1.83 bits per heavy atom. The van der Waals surface area contributed by atoms with Crippen LogP contribution in [0.1, 0.15) is 84.0 Å². The average molecular weight is 404 g/mol. The minimum atomic E-state index is -0.325. The Bertz CT molecular complexity index is 593. The van der Waals surface area contributed by atoms with Crippen LogP contribution in [0, 0.1) is 17.8 Å². The highest BCUT2D eigenvalue weighted by Crippen LogP contribution is 2.48. The highest BCUT2D eigenvalue weighted by Gasteiger charge is 2.43. The maximum absolute atomic E-state index is 12.2. The Morgan fingerprint density at radius 1 is 1.10 bits per heavy atom.